The zero-order valence-electron chi connectivity index (χ0n) is 12.5. The van der Waals surface area contributed by atoms with Crippen molar-refractivity contribution in [2.24, 2.45) is 5.92 Å². The van der Waals surface area contributed by atoms with Gasteiger partial charge in [-0.3, -0.25) is 0 Å². The number of anilines is 1. The van der Waals surface area contributed by atoms with E-state index in [1.54, 1.807) is 26.0 Å². The molecule has 0 aliphatic heterocycles. The van der Waals surface area contributed by atoms with Crippen LogP contribution in [-0.4, -0.2) is 26.2 Å². The van der Waals surface area contributed by atoms with E-state index in [4.69, 9.17) is 5.73 Å². The average Bonchev–Trinajstić information content (AvgIpc) is 2.31. The van der Waals surface area contributed by atoms with Crippen molar-refractivity contribution in [2.45, 2.75) is 45.1 Å². The molecule has 0 fully saturated rings. The van der Waals surface area contributed by atoms with Gasteiger partial charge in [0, 0.05) is 12.2 Å². The summed E-state index contributed by atoms with van der Waals surface area (Å²) in [4.78, 5) is 0.203. The summed E-state index contributed by atoms with van der Waals surface area (Å²) in [7, 11) is -3.66. The topological polar surface area (TPSA) is 92.4 Å². The second kappa shape index (κ2) is 6.56. The van der Waals surface area contributed by atoms with Crippen LogP contribution in [0.5, 0.6) is 0 Å². The normalized spacial score (nSPS) is 13.7. The number of hydrogen-bond donors (Lipinski definition) is 3. The highest BCUT2D eigenvalue weighted by molar-refractivity contribution is 7.89. The molecule has 0 heterocycles. The van der Waals surface area contributed by atoms with Gasteiger partial charge in [-0.05, 0) is 43.4 Å². The van der Waals surface area contributed by atoms with E-state index < -0.39 is 16.1 Å². The largest absolute Gasteiger partial charge is 0.398 e. The number of nitrogen functional groups attached to an aromatic ring is 1. The van der Waals surface area contributed by atoms with E-state index in [1.807, 2.05) is 13.8 Å². The first kappa shape index (κ1) is 16.9. The zero-order chi connectivity index (χ0) is 15.5. The third-order valence-electron chi connectivity index (χ3n) is 3.17. The van der Waals surface area contributed by atoms with Crippen molar-refractivity contribution in [2.75, 3.05) is 12.3 Å². The van der Waals surface area contributed by atoms with Gasteiger partial charge in [-0.1, -0.05) is 19.9 Å². The molecule has 0 aliphatic rings. The summed E-state index contributed by atoms with van der Waals surface area (Å²) in [6.07, 6.45) is -0.135. The molecule has 0 amide bonds. The number of nitrogens with two attached hydrogens (primary N) is 1. The van der Waals surface area contributed by atoms with E-state index in [0.29, 0.717) is 29.2 Å². The molecule has 1 aromatic rings. The minimum atomic E-state index is -3.66. The van der Waals surface area contributed by atoms with Crippen molar-refractivity contribution in [3.05, 3.63) is 23.3 Å². The molecule has 4 N–H and O–H groups in total. The van der Waals surface area contributed by atoms with Crippen LogP contribution < -0.4 is 10.5 Å². The van der Waals surface area contributed by atoms with E-state index in [-0.39, 0.29) is 11.4 Å². The highest BCUT2D eigenvalue weighted by atomic mass is 32.2. The second-order valence-corrected chi connectivity index (χ2v) is 7.26. The van der Waals surface area contributed by atoms with Crippen molar-refractivity contribution < 1.29 is 13.5 Å². The summed E-state index contributed by atoms with van der Waals surface area (Å²) in [6.45, 7) is 7.37. The van der Waals surface area contributed by atoms with Crippen LogP contribution in [0, 0.1) is 19.8 Å². The lowest BCUT2D eigenvalue weighted by Gasteiger charge is -2.17. The van der Waals surface area contributed by atoms with Gasteiger partial charge in [-0.25, -0.2) is 13.1 Å². The first-order chi connectivity index (χ1) is 9.15. The summed E-state index contributed by atoms with van der Waals surface area (Å²) in [5.41, 5.74) is 7.39. The summed E-state index contributed by atoms with van der Waals surface area (Å²) in [5, 5.41) is 9.77. The maximum absolute atomic E-state index is 12.3. The molecule has 6 heteroatoms. The van der Waals surface area contributed by atoms with E-state index in [2.05, 4.69) is 4.72 Å². The maximum Gasteiger partial charge on any atom is 0.241 e. The van der Waals surface area contributed by atoms with Gasteiger partial charge in [-0.2, -0.15) is 0 Å². The van der Waals surface area contributed by atoms with Crippen molar-refractivity contribution in [1.29, 1.82) is 0 Å². The number of sulfonamides is 1. The van der Waals surface area contributed by atoms with Crippen molar-refractivity contribution in [3.63, 3.8) is 0 Å². The summed E-state index contributed by atoms with van der Waals surface area (Å²) in [5.74, 6) is 0.311. The van der Waals surface area contributed by atoms with Crippen LogP contribution in [0.25, 0.3) is 0 Å². The van der Waals surface area contributed by atoms with Crippen molar-refractivity contribution in [3.8, 4) is 0 Å². The Bertz CT molecular complexity index is 568. The van der Waals surface area contributed by atoms with Gasteiger partial charge in [0.1, 0.15) is 0 Å². The predicted octanol–water partition coefficient (Wildman–Crippen LogP) is 1.57. The Hall–Kier alpha value is -1.11. The number of benzene rings is 1. The van der Waals surface area contributed by atoms with Gasteiger partial charge in [0.15, 0.2) is 0 Å². The Morgan fingerprint density at radius 3 is 2.45 bits per heavy atom. The van der Waals surface area contributed by atoms with Crippen molar-refractivity contribution >= 4 is 15.7 Å². The van der Waals surface area contributed by atoms with E-state index >= 15 is 0 Å². The number of hydrogen-bond acceptors (Lipinski definition) is 4. The number of aryl methyl sites for hydroxylation is 1. The molecule has 0 aliphatic carbocycles. The van der Waals surface area contributed by atoms with E-state index in [9.17, 15) is 13.5 Å². The zero-order valence-corrected chi connectivity index (χ0v) is 13.3. The number of rotatable bonds is 6. The minimum Gasteiger partial charge on any atom is -0.398 e. The molecule has 0 bridgehead atoms. The number of nitrogens with one attached hydrogen (secondary N) is 1. The van der Waals surface area contributed by atoms with Crippen LogP contribution in [0.1, 0.15) is 31.4 Å². The van der Waals surface area contributed by atoms with Gasteiger partial charge in [0.25, 0.3) is 0 Å². The Labute approximate surface area is 121 Å². The molecule has 114 valence electrons. The lowest BCUT2D eigenvalue weighted by atomic mass is 10.1. The smallest absolute Gasteiger partial charge is 0.241 e. The average molecular weight is 300 g/mol. The molecule has 1 atom stereocenters. The molecule has 0 saturated heterocycles. The van der Waals surface area contributed by atoms with E-state index in [0.717, 1.165) is 0 Å². The fraction of sp³-hybridized carbons (Fsp3) is 0.571. The molecule has 1 unspecified atom stereocenters. The third-order valence-corrected chi connectivity index (χ3v) is 4.88. The molecule has 0 radical (unpaired) electrons. The van der Waals surface area contributed by atoms with Crippen LogP contribution in [0.3, 0.4) is 0 Å². The summed E-state index contributed by atoms with van der Waals surface area (Å²) >= 11 is 0. The molecular formula is C14H24N2O3S. The lowest BCUT2D eigenvalue weighted by molar-refractivity contribution is 0.152. The van der Waals surface area contributed by atoms with Crippen LogP contribution >= 0.6 is 0 Å². The molecular weight excluding hydrogens is 276 g/mol. The second-order valence-electron chi connectivity index (χ2n) is 5.56. The standard InChI is InChI=1S/C14H24N2O3S/c1-9(2)7-12(17)8-16-20(18,19)14-10(3)5-6-13(15)11(14)4/h5-6,9,12,16-17H,7-8,15H2,1-4H3. The summed E-state index contributed by atoms with van der Waals surface area (Å²) < 4.78 is 27.1. The Morgan fingerprint density at radius 1 is 1.30 bits per heavy atom. The molecule has 0 spiro atoms. The highest BCUT2D eigenvalue weighted by Crippen LogP contribution is 2.24. The van der Waals surface area contributed by atoms with Gasteiger partial charge in [-0.15, -0.1) is 0 Å². The number of aliphatic hydroxyl groups excluding tert-OH is 1. The maximum atomic E-state index is 12.3. The Kier molecular flexibility index (Phi) is 5.56. The lowest BCUT2D eigenvalue weighted by Crippen LogP contribution is -2.33. The molecule has 0 saturated carbocycles. The SMILES string of the molecule is Cc1ccc(N)c(C)c1S(=O)(=O)NCC(O)CC(C)C. The molecule has 0 aromatic heterocycles. The predicted molar refractivity (Wildman–Crippen MR) is 81.0 cm³/mol. The molecule has 1 aromatic carbocycles. The van der Waals surface area contributed by atoms with Crippen LogP contribution in [0.2, 0.25) is 0 Å². The van der Waals surface area contributed by atoms with Crippen LogP contribution in [-0.2, 0) is 10.0 Å². The third kappa shape index (κ3) is 4.19. The minimum absolute atomic E-state index is 0.00813. The Morgan fingerprint density at radius 2 is 1.90 bits per heavy atom. The fourth-order valence-electron chi connectivity index (χ4n) is 2.16. The van der Waals surface area contributed by atoms with Gasteiger partial charge in [0.05, 0.1) is 11.0 Å². The van der Waals surface area contributed by atoms with Crippen LogP contribution in [0.4, 0.5) is 5.69 Å². The van der Waals surface area contributed by atoms with Crippen LogP contribution in [0.15, 0.2) is 17.0 Å². The fourth-order valence-corrected chi connectivity index (χ4v) is 3.73. The summed E-state index contributed by atoms with van der Waals surface area (Å²) in [6, 6.07) is 3.37. The van der Waals surface area contributed by atoms with Crippen molar-refractivity contribution in [1.82, 2.24) is 4.72 Å². The quantitative estimate of drug-likeness (QED) is 0.695. The highest BCUT2D eigenvalue weighted by Gasteiger charge is 2.21. The first-order valence-electron chi connectivity index (χ1n) is 6.68. The Balaban J connectivity index is 2.93. The molecule has 5 nitrogen and oxygen atoms in total. The molecule has 20 heavy (non-hydrogen) atoms. The van der Waals surface area contributed by atoms with Gasteiger partial charge in [0.2, 0.25) is 10.0 Å². The molecule has 1 rings (SSSR count). The van der Waals surface area contributed by atoms with Gasteiger partial charge >= 0.3 is 0 Å². The van der Waals surface area contributed by atoms with Gasteiger partial charge < -0.3 is 10.8 Å². The first-order valence-corrected chi connectivity index (χ1v) is 8.17. The number of aliphatic hydroxyl groups is 1. The van der Waals surface area contributed by atoms with E-state index in [1.165, 1.54) is 0 Å². The monoisotopic (exact) mass is 300 g/mol.